The maximum Gasteiger partial charge on any atom is 0.335 e. The zero-order chi connectivity index (χ0) is 17.9. The maximum absolute atomic E-state index is 11.7. The number of esters is 1. The molecule has 2 aromatic rings. The SMILES string of the molecule is CCCC=CC(=O)Oc1ccc(-c2nnc(CCCCCC)s2)cc1. The van der Waals surface area contributed by atoms with Gasteiger partial charge in [0.25, 0.3) is 0 Å². The Kier molecular flexibility index (Phi) is 8.32. The minimum absolute atomic E-state index is 0.341. The van der Waals surface area contributed by atoms with Crippen molar-refractivity contribution in [1.82, 2.24) is 10.2 Å². The molecule has 0 bridgehead atoms. The van der Waals surface area contributed by atoms with Gasteiger partial charge in [0, 0.05) is 18.1 Å². The zero-order valence-corrected chi connectivity index (χ0v) is 15.8. The van der Waals surface area contributed by atoms with Gasteiger partial charge in [0.15, 0.2) is 0 Å². The molecule has 1 aromatic heterocycles. The van der Waals surface area contributed by atoms with E-state index < -0.39 is 0 Å². The minimum Gasteiger partial charge on any atom is -0.423 e. The van der Waals surface area contributed by atoms with Gasteiger partial charge in [0.2, 0.25) is 0 Å². The van der Waals surface area contributed by atoms with E-state index in [1.165, 1.54) is 31.8 Å². The number of unbranched alkanes of at least 4 members (excludes halogenated alkanes) is 4. The Morgan fingerprint density at radius 3 is 2.60 bits per heavy atom. The second-order valence-electron chi connectivity index (χ2n) is 5.95. The fraction of sp³-hybridized carbons (Fsp3) is 0.450. The van der Waals surface area contributed by atoms with Gasteiger partial charge in [-0.15, -0.1) is 10.2 Å². The van der Waals surface area contributed by atoms with Gasteiger partial charge in [0.1, 0.15) is 15.8 Å². The van der Waals surface area contributed by atoms with Gasteiger partial charge in [-0.1, -0.05) is 56.9 Å². The molecular formula is C20H26N2O2S. The van der Waals surface area contributed by atoms with Crippen molar-refractivity contribution in [3.8, 4) is 16.3 Å². The summed E-state index contributed by atoms with van der Waals surface area (Å²) in [6.45, 7) is 4.28. The van der Waals surface area contributed by atoms with E-state index >= 15 is 0 Å². The number of aryl methyl sites for hydroxylation is 1. The second-order valence-corrected chi connectivity index (χ2v) is 7.01. The van der Waals surface area contributed by atoms with Crippen molar-refractivity contribution in [3.63, 3.8) is 0 Å². The van der Waals surface area contributed by atoms with E-state index in [0.29, 0.717) is 5.75 Å². The molecule has 0 aliphatic heterocycles. The summed E-state index contributed by atoms with van der Waals surface area (Å²) in [5, 5.41) is 10.5. The molecule has 1 aromatic carbocycles. The quantitative estimate of drug-likeness (QED) is 0.240. The summed E-state index contributed by atoms with van der Waals surface area (Å²) in [5.74, 6) is 0.200. The third kappa shape index (κ3) is 6.78. The smallest absolute Gasteiger partial charge is 0.335 e. The number of benzene rings is 1. The number of allylic oxidation sites excluding steroid dienone is 1. The third-order valence-corrected chi connectivity index (χ3v) is 4.77. The number of hydrogen-bond acceptors (Lipinski definition) is 5. The lowest BCUT2D eigenvalue weighted by Gasteiger charge is -2.02. The number of rotatable bonds is 10. The van der Waals surface area contributed by atoms with Gasteiger partial charge >= 0.3 is 5.97 Å². The first-order chi connectivity index (χ1) is 12.2. The highest BCUT2D eigenvalue weighted by molar-refractivity contribution is 7.14. The number of ether oxygens (including phenoxy) is 1. The predicted octanol–water partition coefficient (Wildman–Crippen LogP) is 5.59. The van der Waals surface area contributed by atoms with Crippen molar-refractivity contribution in [1.29, 1.82) is 0 Å². The largest absolute Gasteiger partial charge is 0.423 e. The van der Waals surface area contributed by atoms with E-state index in [1.54, 1.807) is 23.5 Å². The first kappa shape index (κ1) is 19.3. The lowest BCUT2D eigenvalue weighted by Crippen LogP contribution is -2.03. The van der Waals surface area contributed by atoms with E-state index in [4.69, 9.17) is 4.74 Å². The van der Waals surface area contributed by atoms with Crippen molar-refractivity contribution < 1.29 is 9.53 Å². The summed E-state index contributed by atoms with van der Waals surface area (Å²) in [6.07, 6.45) is 11.1. The van der Waals surface area contributed by atoms with Crippen molar-refractivity contribution in [2.24, 2.45) is 0 Å². The normalized spacial score (nSPS) is 11.1. The van der Waals surface area contributed by atoms with Gasteiger partial charge in [-0.3, -0.25) is 0 Å². The van der Waals surface area contributed by atoms with Crippen LogP contribution in [-0.2, 0) is 11.2 Å². The Hall–Kier alpha value is -2.01. The molecule has 0 atom stereocenters. The Morgan fingerprint density at radius 1 is 1.08 bits per heavy atom. The number of nitrogens with zero attached hydrogens (tertiary/aromatic N) is 2. The molecule has 0 saturated carbocycles. The van der Waals surface area contributed by atoms with E-state index in [0.717, 1.165) is 34.8 Å². The van der Waals surface area contributed by atoms with Crippen LogP contribution in [0.5, 0.6) is 5.75 Å². The third-order valence-electron chi connectivity index (χ3n) is 3.74. The Morgan fingerprint density at radius 2 is 1.88 bits per heavy atom. The molecule has 5 heteroatoms. The first-order valence-electron chi connectivity index (χ1n) is 9.04. The number of hydrogen-bond donors (Lipinski definition) is 0. The maximum atomic E-state index is 11.7. The van der Waals surface area contributed by atoms with Crippen molar-refractivity contribution in [2.45, 2.75) is 58.8 Å². The topological polar surface area (TPSA) is 52.1 Å². The lowest BCUT2D eigenvalue weighted by molar-refractivity contribution is -0.129. The van der Waals surface area contributed by atoms with Crippen LogP contribution in [0.25, 0.3) is 10.6 Å². The molecule has 1 heterocycles. The Bertz CT molecular complexity index is 677. The molecule has 0 N–H and O–H groups in total. The Balaban J connectivity index is 1.89. The van der Waals surface area contributed by atoms with Crippen LogP contribution in [0.1, 0.15) is 57.4 Å². The zero-order valence-electron chi connectivity index (χ0n) is 15.0. The summed E-state index contributed by atoms with van der Waals surface area (Å²) < 4.78 is 5.27. The van der Waals surface area contributed by atoms with E-state index in [9.17, 15) is 4.79 Å². The van der Waals surface area contributed by atoms with Crippen LogP contribution >= 0.6 is 11.3 Å². The van der Waals surface area contributed by atoms with Crippen LogP contribution < -0.4 is 4.74 Å². The average Bonchev–Trinajstić information content (AvgIpc) is 3.08. The van der Waals surface area contributed by atoms with Crippen LogP contribution in [-0.4, -0.2) is 16.2 Å². The minimum atomic E-state index is -0.341. The molecule has 0 saturated heterocycles. The van der Waals surface area contributed by atoms with Crippen molar-refractivity contribution in [3.05, 3.63) is 41.4 Å². The highest BCUT2D eigenvalue weighted by Crippen LogP contribution is 2.26. The van der Waals surface area contributed by atoms with Crippen LogP contribution in [0.3, 0.4) is 0 Å². The second kappa shape index (κ2) is 10.8. The van der Waals surface area contributed by atoms with Gasteiger partial charge in [-0.2, -0.15) is 0 Å². The summed E-state index contributed by atoms with van der Waals surface area (Å²) in [4.78, 5) is 11.7. The van der Waals surface area contributed by atoms with Crippen molar-refractivity contribution >= 4 is 17.3 Å². The number of carbonyl (C=O) groups is 1. The molecule has 4 nitrogen and oxygen atoms in total. The molecular weight excluding hydrogens is 332 g/mol. The fourth-order valence-electron chi connectivity index (χ4n) is 2.34. The molecule has 0 radical (unpaired) electrons. The van der Waals surface area contributed by atoms with E-state index in [2.05, 4.69) is 24.0 Å². The van der Waals surface area contributed by atoms with Crippen LogP contribution in [0.4, 0.5) is 0 Å². The molecule has 0 unspecified atom stereocenters. The van der Waals surface area contributed by atoms with Gasteiger partial charge in [-0.05, 0) is 37.1 Å². The van der Waals surface area contributed by atoms with Crippen LogP contribution in [0, 0.1) is 0 Å². The molecule has 134 valence electrons. The van der Waals surface area contributed by atoms with Gasteiger partial charge < -0.3 is 4.74 Å². The highest BCUT2D eigenvalue weighted by atomic mass is 32.1. The van der Waals surface area contributed by atoms with Crippen LogP contribution in [0.15, 0.2) is 36.4 Å². The standard InChI is InChI=1S/C20H26N2O2S/c1-3-5-7-9-10-18-21-22-20(25-18)16-12-14-17(15-13-16)24-19(23)11-8-6-4-2/h8,11-15H,3-7,9-10H2,1-2H3. The first-order valence-corrected chi connectivity index (χ1v) is 9.85. The highest BCUT2D eigenvalue weighted by Gasteiger charge is 2.07. The molecule has 0 amide bonds. The van der Waals surface area contributed by atoms with Crippen molar-refractivity contribution in [2.75, 3.05) is 0 Å². The lowest BCUT2D eigenvalue weighted by atomic mass is 10.2. The average molecular weight is 359 g/mol. The molecule has 0 aliphatic rings. The molecule has 0 aliphatic carbocycles. The predicted molar refractivity (Wildman–Crippen MR) is 103 cm³/mol. The number of aromatic nitrogens is 2. The number of carbonyl (C=O) groups excluding carboxylic acids is 1. The van der Waals surface area contributed by atoms with Gasteiger partial charge in [0.05, 0.1) is 0 Å². The summed E-state index contributed by atoms with van der Waals surface area (Å²) in [7, 11) is 0. The fourth-order valence-corrected chi connectivity index (χ4v) is 3.22. The van der Waals surface area contributed by atoms with E-state index in [-0.39, 0.29) is 5.97 Å². The summed E-state index contributed by atoms with van der Waals surface area (Å²) >= 11 is 1.64. The summed E-state index contributed by atoms with van der Waals surface area (Å²) in [5.41, 5.74) is 0.999. The molecule has 0 spiro atoms. The van der Waals surface area contributed by atoms with Gasteiger partial charge in [-0.25, -0.2) is 4.79 Å². The summed E-state index contributed by atoms with van der Waals surface area (Å²) in [6, 6.07) is 7.42. The van der Waals surface area contributed by atoms with E-state index in [1.807, 2.05) is 18.2 Å². The molecule has 0 fully saturated rings. The Labute approximate surface area is 154 Å². The molecule has 25 heavy (non-hydrogen) atoms. The molecule has 2 rings (SSSR count). The monoisotopic (exact) mass is 358 g/mol. The van der Waals surface area contributed by atoms with Crippen LogP contribution in [0.2, 0.25) is 0 Å².